The van der Waals surface area contributed by atoms with Gasteiger partial charge in [-0.25, -0.2) is 0 Å². The van der Waals surface area contributed by atoms with Crippen molar-refractivity contribution in [2.24, 2.45) is 0 Å². The molecule has 4 rings (SSSR count). The van der Waals surface area contributed by atoms with Gasteiger partial charge < -0.3 is 14.6 Å². The summed E-state index contributed by atoms with van der Waals surface area (Å²) >= 11 is 6.20. The largest absolute Gasteiger partial charge is 0.496 e. The number of fused-ring (bicyclic) bond motifs is 3. The van der Waals surface area contributed by atoms with E-state index in [0.29, 0.717) is 22.4 Å². The van der Waals surface area contributed by atoms with Gasteiger partial charge in [-0.05, 0) is 42.3 Å². The van der Waals surface area contributed by atoms with Crippen LogP contribution in [-0.2, 0) is 15.7 Å². The van der Waals surface area contributed by atoms with Gasteiger partial charge in [-0.1, -0.05) is 23.7 Å². The van der Waals surface area contributed by atoms with Gasteiger partial charge in [-0.15, -0.1) is 10.2 Å². The molecule has 1 aliphatic heterocycles. The summed E-state index contributed by atoms with van der Waals surface area (Å²) in [5, 5.41) is 16.6. The van der Waals surface area contributed by atoms with E-state index < -0.39 is 36.6 Å². The lowest BCUT2D eigenvalue weighted by Gasteiger charge is -2.24. The first-order chi connectivity index (χ1) is 15.1. The molecule has 7 nitrogen and oxygen atoms in total. The zero-order chi connectivity index (χ0) is 23.2. The predicted octanol–water partition coefficient (Wildman–Crippen LogP) is 4.89. The Kier molecular flexibility index (Phi) is 5.59. The lowest BCUT2D eigenvalue weighted by molar-refractivity contribution is -0.146. The maximum absolute atomic E-state index is 13.8. The number of carbonyl (C=O) groups is 1. The molecule has 2 aromatic carbocycles. The van der Waals surface area contributed by atoms with Gasteiger partial charge in [0.25, 0.3) is 0 Å². The molecule has 1 aliphatic rings. The van der Waals surface area contributed by atoms with Crippen LogP contribution < -0.4 is 4.74 Å². The third kappa shape index (κ3) is 3.80. The monoisotopic (exact) mass is 467 g/mol. The van der Waals surface area contributed by atoms with Crippen molar-refractivity contribution >= 4 is 17.6 Å². The van der Waals surface area contributed by atoms with E-state index in [0.717, 1.165) is 4.57 Å². The zero-order valence-corrected chi connectivity index (χ0v) is 17.6. The van der Waals surface area contributed by atoms with Crippen molar-refractivity contribution in [1.29, 1.82) is 0 Å². The van der Waals surface area contributed by atoms with E-state index in [-0.39, 0.29) is 16.5 Å². The van der Waals surface area contributed by atoms with E-state index in [4.69, 9.17) is 21.1 Å². The standard InChI is InChI=1S/C21H17ClF3N3O4/c1-10-12(4-3-5-15(10)31-2)18-13-8-11(22)6-7-14(13)28-19(16(32-18)9-17(29)30)26-27-20(28)21(23,24)25/h3-8,16,18H,9H2,1-2H3,(H,29,30)/t16-,18-/m1/s1. The summed E-state index contributed by atoms with van der Waals surface area (Å²) in [6.45, 7) is 1.78. The Morgan fingerprint density at radius 3 is 2.66 bits per heavy atom. The molecule has 0 amide bonds. The number of aromatic nitrogens is 3. The number of carboxylic acids is 1. The molecule has 0 bridgehead atoms. The van der Waals surface area contributed by atoms with Gasteiger partial charge in [0.1, 0.15) is 18.0 Å². The molecule has 0 radical (unpaired) electrons. The molecule has 0 unspecified atom stereocenters. The smallest absolute Gasteiger partial charge is 0.452 e. The van der Waals surface area contributed by atoms with Crippen LogP contribution in [0.5, 0.6) is 5.75 Å². The number of rotatable bonds is 4. The fraction of sp³-hybridized carbons (Fsp3) is 0.286. The molecule has 0 aliphatic carbocycles. The summed E-state index contributed by atoms with van der Waals surface area (Å²) in [5.41, 5.74) is 1.69. The molecule has 1 N–H and O–H groups in total. The third-order valence-electron chi connectivity index (χ3n) is 5.23. The van der Waals surface area contributed by atoms with E-state index in [9.17, 15) is 23.1 Å². The summed E-state index contributed by atoms with van der Waals surface area (Å²) in [7, 11) is 1.50. The summed E-state index contributed by atoms with van der Waals surface area (Å²) in [6.07, 6.45) is -7.69. The van der Waals surface area contributed by atoms with Crippen LogP contribution in [0.1, 0.15) is 47.0 Å². The highest BCUT2D eigenvalue weighted by Gasteiger charge is 2.43. The second kappa shape index (κ2) is 8.10. The summed E-state index contributed by atoms with van der Waals surface area (Å²) in [6, 6.07) is 9.54. The molecular weight excluding hydrogens is 451 g/mol. The van der Waals surface area contributed by atoms with Gasteiger partial charge in [-0.3, -0.25) is 9.36 Å². The van der Waals surface area contributed by atoms with Crippen molar-refractivity contribution in [1.82, 2.24) is 14.8 Å². The first-order valence-corrected chi connectivity index (χ1v) is 9.82. The average Bonchev–Trinajstić information content (AvgIpc) is 3.12. The number of nitrogens with zero attached hydrogens (tertiary/aromatic N) is 3. The first kappa shape index (κ1) is 22.1. The highest BCUT2D eigenvalue weighted by molar-refractivity contribution is 6.30. The van der Waals surface area contributed by atoms with Crippen LogP contribution in [0.15, 0.2) is 36.4 Å². The molecule has 3 aromatic rings. The third-order valence-corrected chi connectivity index (χ3v) is 5.47. The minimum atomic E-state index is -4.83. The van der Waals surface area contributed by atoms with E-state index in [2.05, 4.69) is 10.2 Å². The van der Waals surface area contributed by atoms with Crippen molar-refractivity contribution < 1.29 is 32.5 Å². The number of methoxy groups -OCH3 is 1. The summed E-state index contributed by atoms with van der Waals surface area (Å²) < 4.78 is 53.6. The normalized spacial score (nSPS) is 17.9. The fourth-order valence-corrected chi connectivity index (χ4v) is 4.02. The first-order valence-electron chi connectivity index (χ1n) is 9.45. The number of alkyl halides is 3. The summed E-state index contributed by atoms with van der Waals surface area (Å²) in [4.78, 5) is 11.5. The number of carboxylic acid groups (broad SMARTS) is 1. The van der Waals surface area contributed by atoms with E-state index >= 15 is 0 Å². The van der Waals surface area contributed by atoms with Gasteiger partial charge in [0.15, 0.2) is 5.82 Å². The van der Waals surface area contributed by atoms with Crippen LogP contribution in [0.2, 0.25) is 5.02 Å². The van der Waals surface area contributed by atoms with Crippen LogP contribution in [-0.4, -0.2) is 33.0 Å². The van der Waals surface area contributed by atoms with Crippen LogP contribution in [0.4, 0.5) is 13.2 Å². The van der Waals surface area contributed by atoms with Gasteiger partial charge in [0.2, 0.25) is 5.82 Å². The van der Waals surface area contributed by atoms with Gasteiger partial charge in [-0.2, -0.15) is 13.2 Å². The number of halogens is 4. The van der Waals surface area contributed by atoms with Crippen molar-refractivity contribution in [2.75, 3.05) is 7.11 Å². The molecule has 2 heterocycles. The number of hydrogen-bond acceptors (Lipinski definition) is 5. The van der Waals surface area contributed by atoms with Crippen molar-refractivity contribution in [3.05, 3.63) is 69.8 Å². The Hall–Kier alpha value is -3.11. The van der Waals surface area contributed by atoms with Crippen molar-refractivity contribution in [3.8, 4) is 11.4 Å². The highest BCUT2D eigenvalue weighted by Crippen LogP contribution is 2.45. The van der Waals surface area contributed by atoms with E-state index in [1.165, 1.54) is 25.3 Å². The van der Waals surface area contributed by atoms with Crippen LogP contribution in [0.3, 0.4) is 0 Å². The van der Waals surface area contributed by atoms with Crippen LogP contribution in [0, 0.1) is 6.92 Å². The Labute approximate surface area is 185 Å². The molecule has 0 spiro atoms. The Morgan fingerprint density at radius 1 is 1.25 bits per heavy atom. The number of hydrogen-bond donors (Lipinski definition) is 1. The maximum atomic E-state index is 13.8. The second-order valence-electron chi connectivity index (χ2n) is 7.20. The molecule has 32 heavy (non-hydrogen) atoms. The Balaban J connectivity index is 2.03. The number of ether oxygens (including phenoxy) is 2. The second-order valence-corrected chi connectivity index (χ2v) is 7.63. The minimum absolute atomic E-state index is 0.0989. The molecule has 2 atom stereocenters. The van der Waals surface area contributed by atoms with Gasteiger partial charge in [0, 0.05) is 10.6 Å². The van der Waals surface area contributed by atoms with Crippen LogP contribution in [0.25, 0.3) is 5.69 Å². The van der Waals surface area contributed by atoms with Gasteiger partial charge in [0.05, 0.1) is 19.2 Å². The molecular formula is C21H17ClF3N3O4. The zero-order valence-electron chi connectivity index (χ0n) is 16.9. The average molecular weight is 468 g/mol. The topological polar surface area (TPSA) is 86.5 Å². The van der Waals surface area contributed by atoms with Gasteiger partial charge >= 0.3 is 12.1 Å². The molecule has 1 aromatic heterocycles. The number of aliphatic carboxylic acids is 1. The lowest BCUT2D eigenvalue weighted by Crippen LogP contribution is -2.17. The Morgan fingerprint density at radius 2 is 2.00 bits per heavy atom. The summed E-state index contributed by atoms with van der Waals surface area (Å²) in [5.74, 6) is -2.25. The quantitative estimate of drug-likeness (QED) is 0.588. The molecule has 0 saturated carbocycles. The predicted molar refractivity (Wildman–Crippen MR) is 107 cm³/mol. The van der Waals surface area contributed by atoms with Crippen molar-refractivity contribution in [2.45, 2.75) is 31.7 Å². The Bertz CT molecular complexity index is 1200. The molecule has 0 saturated heterocycles. The fourth-order valence-electron chi connectivity index (χ4n) is 3.84. The molecule has 11 heteroatoms. The lowest BCUT2D eigenvalue weighted by atomic mass is 9.95. The minimum Gasteiger partial charge on any atom is -0.496 e. The van der Waals surface area contributed by atoms with E-state index in [1.807, 2.05) is 0 Å². The number of benzene rings is 2. The molecule has 168 valence electrons. The van der Waals surface area contributed by atoms with E-state index in [1.54, 1.807) is 25.1 Å². The highest BCUT2D eigenvalue weighted by atomic mass is 35.5. The maximum Gasteiger partial charge on any atom is 0.452 e. The SMILES string of the molecule is COc1cccc([C@H]2O[C@H](CC(=O)O)c3nnc(C(F)(F)F)n3-c3ccc(Cl)cc32)c1C. The van der Waals surface area contributed by atoms with Crippen molar-refractivity contribution in [3.63, 3.8) is 0 Å². The molecule has 0 fully saturated rings. The van der Waals surface area contributed by atoms with Crippen LogP contribution >= 0.6 is 11.6 Å².